The van der Waals surface area contributed by atoms with Crippen LogP contribution >= 0.6 is 0 Å². The maximum absolute atomic E-state index is 6.07. The summed E-state index contributed by atoms with van der Waals surface area (Å²) in [6.45, 7) is 7.71. The van der Waals surface area contributed by atoms with E-state index in [-0.39, 0.29) is 0 Å². The summed E-state index contributed by atoms with van der Waals surface area (Å²) in [6.07, 6.45) is 1.02. The minimum Gasteiger partial charge on any atom is -0.497 e. The lowest BCUT2D eigenvalue weighted by atomic mass is 9.92. The van der Waals surface area contributed by atoms with Crippen molar-refractivity contribution >= 4 is 0 Å². The Bertz CT molecular complexity index is 995. The van der Waals surface area contributed by atoms with Gasteiger partial charge in [0.05, 0.1) is 26.9 Å². The van der Waals surface area contributed by atoms with E-state index in [0.29, 0.717) is 0 Å². The molecule has 4 nitrogen and oxygen atoms in total. The molecule has 0 spiro atoms. The highest BCUT2D eigenvalue weighted by Gasteiger charge is 2.11. The molecule has 1 aliphatic rings. The number of morpholine rings is 1. The summed E-state index contributed by atoms with van der Waals surface area (Å²) in [5, 5.41) is 0. The van der Waals surface area contributed by atoms with E-state index >= 15 is 0 Å². The normalized spacial score (nSPS) is 14.4. The smallest absolute Gasteiger partial charge is 0.119 e. The van der Waals surface area contributed by atoms with E-state index in [1.165, 1.54) is 22.3 Å². The third kappa shape index (κ3) is 5.46. The van der Waals surface area contributed by atoms with E-state index in [9.17, 15) is 0 Å². The first-order chi connectivity index (χ1) is 15.2. The first-order valence-electron chi connectivity index (χ1n) is 11.0. The molecule has 1 aliphatic heterocycles. The highest BCUT2D eigenvalue weighted by Crippen LogP contribution is 2.34. The van der Waals surface area contributed by atoms with Gasteiger partial charge in [-0.15, -0.1) is 0 Å². The molecule has 0 aliphatic carbocycles. The van der Waals surface area contributed by atoms with Crippen molar-refractivity contribution in [3.63, 3.8) is 0 Å². The van der Waals surface area contributed by atoms with Gasteiger partial charge in [-0.05, 0) is 65.4 Å². The maximum Gasteiger partial charge on any atom is 0.119 e. The zero-order valence-electron chi connectivity index (χ0n) is 18.5. The SMILES string of the molecule is COc1cccc(-c2cccc(-c3cccc(OCCCN4CCOCC4)c3)c2C)c1. The van der Waals surface area contributed by atoms with Gasteiger partial charge in [0, 0.05) is 19.6 Å². The van der Waals surface area contributed by atoms with Gasteiger partial charge in [-0.3, -0.25) is 4.90 Å². The lowest BCUT2D eigenvalue weighted by Crippen LogP contribution is -2.37. The Morgan fingerprint density at radius 1 is 0.839 bits per heavy atom. The minimum atomic E-state index is 0.726. The van der Waals surface area contributed by atoms with Crippen molar-refractivity contribution in [2.75, 3.05) is 46.6 Å². The second-order valence-electron chi connectivity index (χ2n) is 7.89. The standard InChI is InChI=1S/C27H31NO3/c1-21-26(22-7-3-9-24(19-22)29-2)11-5-12-27(21)23-8-4-10-25(20-23)31-16-6-13-28-14-17-30-18-15-28/h3-5,7-12,19-20H,6,13-18H2,1-2H3. The molecular weight excluding hydrogens is 386 g/mol. The summed E-state index contributed by atoms with van der Waals surface area (Å²) in [7, 11) is 1.70. The van der Waals surface area contributed by atoms with Crippen LogP contribution in [0.3, 0.4) is 0 Å². The van der Waals surface area contributed by atoms with Crippen molar-refractivity contribution < 1.29 is 14.2 Å². The molecule has 0 aromatic heterocycles. The van der Waals surface area contributed by atoms with Gasteiger partial charge >= 0.3 is 0 Å². The molecular formula is C27H31NO3. The molecule has 0 saturated carbocycles. The molecule has 0 amide bonds. The summed E-state index contributed by atoms with van der Waals surface area (Å²) < 4.78 is 16.9. The van der Waals surface area contributed by atoms with Crippen molar-refractivity contribution in [3.05, 3.63) is 72.3 Å². The topological polar surface area (TPSA) is 30.9 Å². The van der Waals surface area contributed by atoms with E-state index in [0.717, 1.165) is 62.9 Å². The fraction of sp³-hybridized carbons (Fsp3) is 0.333. The van der Waals surface area contributed by atoms with E-state index in [2.05, 4.69) is 60.4 Å². The van der Waals surface area contributed by atoms with Crippen molar-refractivity contribution in [2.24, 2.45) is 0 Å². The molecule has 0 N–H and O–H groups in total. The number of nitrogens with zero attached hydrogens (tertiary/aromatic N) is 1. The number of rotatable bonds is 8. The van der Waals surface area contributed by atoms with Crippen LogP contribution in [0.4, 0.5) is 0 Å². The van der Waals surface area contributed by atoms with Gasteiger partial charge in [0.2, 0.25) is 0 Å². The fourth-order valence-corrected chi connectivity index (χ4v) is 4.11. The summed E-state index contributed by atoms with van der Waals surface area (Å²) in [4.78, 5) is 2.44. The molecule has 0 bridgehead atoms. The zero-order valence-corrected chi connectivity index (χ0v) is 18.5. The summed E-state index contributed by atoms with van der Waals surface area (Å²) in [5.41, 5.74) is 6.02. The highest BCUT2D eigenvalue weighted by molar-refractivity contribution is 5.79. The van der Waals surface area contributed by atoms with Gasteiger partial charge in [-0.1, -0.05) is 42.5 Å². The average molecular weight is 418 g/mol. The van der Waals surface area contributed by atoms with Crippen LogP contribution in [-0.2, 0) is 4.74 Å². The van der Waals surface area contributed by atoms with E-state index in [4.69, 9.17) is 14.2 Å². The molecule has 3 aromatic carbocycles. The van der Waals surface area contributed by atoms with Crippen molar-refractivity contribution in [2.45, 2.75) is 13.3 Å². The number of hydrogen-bond acceptors (Lipinski definition) is 4. The third-order valence-electron chi connectivity index (χ3n) is 5.85. The quantitative estimate of drug-likeness (QED) is 0.457. The first kappa shape index (κ1) is 21.4. The number of methoxy groups -OCH3 is 1. The Morgan fingerprint density at radius 3 is 2.13 bits per heavy atom. The van der Waals surface area contributed by atoms with Crippen LogP contribution < -0.4 is 9.47 Å². The van der Waals surface area contributed by atoms with Gasteiger partial charge in [0.1, 0.15) is 11.5 Å². The van der Waals surface area contributed by atoms with Crippen LogP contribution in [0.1, 0.15) is 12.0 Å². The molecule has 4 rings (SSSR count). The fourth-order valence-electron chi connectivity index (χ4n) is 4.11. The highest BCUT2D eigenvalue weighted by atomic mass is 16.5. The lowest BCUT2D eigenvalue weighted by Gasteiger charge is -2.26. The molecule has 4 heteroatoms. The van der Waals surface area contributed by atoms with E-state index in [1.807, 2.05) is 18.2 Å². The summed E-state index contributed by atoms with van der Waals surface area (Å²) >= 11 is 0. The molecule has 0 atom stereocenters. The van der Waals surface area contributed by atoms with Gasteiger partial charge in [-0.2, -0.15) is 0 Å². The second-order valence-corrected chi connectivity index (χ2v) is 7.89. The Hall–Kier alpha value is -2.82. The van der Waals surface area contributed by atoms with E-state index in [1.54, 1.807) is 7.11 Å². The Labute approximate surface area is 185 Å². The van der Waals surface area contributed by atoms with Crippen molar-refractivity contribution in [1.29, 1.82) is 0 Å². The number of benzene rings is 3. The summed E-state index contributed by atoms with van der Waals surface area (Å²) in [5.74, 6) is 1.79. The predicted octanol–water partition coefficient (Wildman–Crippen LogP) is 5.44. The third-order valence-corrected chi connectivity index (χ3v) is 5.85. The minimum absolute atomic E-state index is 0.726. The maximum atomic E-state index is 6.07. The van der Waals surface area contributed by atoms with Gasteiger partial charge < -0.3 is 14.2 Å². The van der Waals surface area contributed by atoms with Gasteiger partial charge in [-0.25, -0.2) is 0 Å². The van der Waals surface area contributed by atoms with Crippen molar-refractivity contribution in [3.8, 4) is 33.8 Å². The van der Waals surface area contributed by atoms with Gasteiger partial charge in [0.15, 0.2) is 0 Å². The molecule has 0 radical (unpaired) electrons. The average Bonchev–Trinajstić information content (AvgIpc) is 2.83. The lowest BCUT2D eigenvalue weighted by molar-refractivity contribution is 0.0358. The van der Waals surface area contributed by atoms with E-state index < -0.39 is 0 Å². The van der Waals surface area contributed by atoms with Crippen LogP contribution in [-0.4, -0.2) is 51.5 Å². The monoisotopic (exact) mass is 417 g/mol. The number of hydrogen-bond donors (Lipinski definition) is 0. The Balaban J connectivity index is 1.46. The van der Waals surface area contributed by atoms with Crippen LogP contribution in [0.15, 0.2) is 66.7 Å². The zero-order chi connectivity index (χ0) is 21.5. The van der Waals surface area contributed by atoms with Crippen LogP contribution in [0, 0.1) is 6.92 Å². The molecule has 3 aromatic rings. The molecule has 31 heavy (non-hydrogen) atoms. The van der Waals surface area contributed by atoms with Crippen molar-refractivity contribution in [1.82, 2.24) is 4.90 Å². The Morgan fingerprint density at radius 2 is 1.45 bits per heavy atom. The second kappa shape index (κ2) is 10.5. The summed E-state index contributed by atoms with van der Waals surface area (Å²) in [6, 6.07) is 23.1. The molecule has 1 saturated heterocycles. The van der Waals surface area contributed by atoms with Crippen LogP contribution in [0.2, 0.25) is 0 Å². The molecule has 1 heterocycles. The Kier molecular flexibility index (Phi) is 7.23. The number of ether oxygens (including phenoxy) is 3. The van der Waals surface area contributed by atoms with Crippen LogP contribution in [0.5, 0.6) is 11.5 Å². The van der Waals surface area contributed by atoms with Gasteiger partial charge in [0.25, 0.3) is 0 Å². The largest absolute Gasteiger partial charge is 0.497 e. The molecule has 0 unspecified atom stereocenters. The first-order valence-corrected chi connectivity index (χ1v) is 11.0. The molecule has 1 fully saturated rings. The van der Waals surface area contributed by atoms with Crippen LogP contribution in [0.25, 0.3) is 22.3 Å². The molecule has 162 valence electrons. The predicted molar refractivity (Wildman–Crippen MR) is 126 cm³/mol.